The van der Waals surface area contributed by atoms with Crippen LogP contribution in [0.3, 0.4) is 0 Å². The zero-order valence-electron chi connectivity index (χ0n) is 10.3. The van der Waals surface area contributed by atoms with Crippen LogP contribution in [0.1, 0.15) is 23.4 Å². The fourth-order valence-electron chi connectivity index (χ4n) is 1.72. The first-order valence-corrected chi connectivity index (χ1v) is 5.89. The number of nitrogens with one attached hydrogen (secondary N) is 2. The molecule has 0 aliphatic rings. The number of hydrogen-bond acceptors (Lipinski definition) is 4. The average Bonchev–Trinajstić information content (AvgIpc) is 2.81. The first-order valence-electron chi connectivity index (χ1n) is 5.89. The maximum atomic E-state index is 8.74. The van der Waals surface area contributed by atoms with E-state index in [1.807, 2.05) is 31.3 Å². The van der Waals surface area contributed by atoms with Crippen LogP contribution < -0.4 is 5.32 Å². The number of nitriles is 1. The molecule has 0 fully saturated rings. The molecule has 2 aromatic heterocycles. The Morgan fingerprint density at radius 2 is 2.33 bits per heavy atom. The van der Waals surface area contributed by atoms with E-state index in [2.05, 4.69) is 20.5 Å². The molecule has 2 heterocycles. The van der Waals surface area contributed by atoms with E-state index in [0.717, 1.165) is 30.9 Å². The summed E-state index contributed by atoms with van der Waals surface area (Å²) in [5.74, 6) is 0.748. The van der Waals surface area contributed by atoms with Crippen LogP contribution in [-0.4, -0.2) is 21.7 Å². The van der Waals surface area contributed by atoms with E-state index >= 15 is 0 Å². The van der Waals surface area contributed by atoms with E-state index in [1.165, 1.54) is 5.56 Å². The number of nitrogens with zero attached hydrogens (tertiary/aromatic N) is 3. The molecule has 18 heavy (non-hydrogen) atoms. The Balaban J connectivity index is 1.79. The van der Waals surface area contributed by atoms with Gasteiger partial charge in [-0.3, -0.25) is 5.10 Å². The van der Waals surface area contributed by atoms with Crippen molar-refractivity contribution < 1.29 is 0 Å². The van der Waals surface area contributed by atoms with Gasteiger partial charge in [-0.1, -0.05) is 6.07 Å². The molecule has 92 valence electrons. The van der Waals surface area contributed by atoms with E-state index in [9.17, 15) is 0 Å². The Morgan fingerprint density at radius 1 is 1.44 bits per heavy atom. The second-order valence-corrected chi connectivity index (χ2v) is 4.07. The van der Waals surface area contributed by atoms with E-state index in [4.69, 9.17) is 5.26 Å². The molecule has 0 unspecified atom stereocenters. The molecule has 0 spiro atoms. The summed E-state index contributed by atoms with van der Waals surface area (Å²) < 4.78 is 0. The van der Waals surface area contributed by atoms with E-state index in [0.29, 0.717) is 5.69 Å². The Labute approximate surface area is 106 Å². The Morgan fingerprint density at radius 3 is 3.06 bits per heavy atom. The third-order valence-corrected chi connectivity index (χ3v) is 2.73. The van der Waals surface area contributed by atoms with Crippen LogP contribution in [0.15, 0.2) is 24.4 Å². The lowest BCUT2D eigenvalue weighted by molar-refractivity contribution is 0.853. The Bertz CT molecular complexity index is 553. The lowest BCUT2D eigenvalue weighted by Crippen LogP contribution is -2.05. The van der Waals surface area contributed by atoms with Crippen molar-refractivity contribution in [1.29, 1.82) is 5.26 Å². The maximum Gasteiger partial charge on any atom is 0.142 e. The van der Waals surface area contributed by atoms with Gasteiger partial charge in [-0.15, -0.1) is 0 Å². The number of aryl methyl sites for hydroxylation is 2. The van der Waals surface area contributed by atoms with Crippen molar-refractivity contribution >= 4 is 5.82 Å². The summed E-state index contributed by atoms with van der Waals surface area (Å²) in [6.45, 7) is 2.85. The second kappa shape index (κ2) is 5.82. The van der Waals surface area contributed by atoms with Gasteiger partial charge in [-0.25, -0.2) is 4.98 Å². The van der Waals surface area contributed by atoms with Gasteiger partial charge in [0.2, 0.25) is 0 Å². The fraction of sp³-hybridized carbons (Fsp3) is 0.308. The molecule has 2 N–H and O–H groups in total. The zero-order chi connectivity index (χ0) is 12.8. The molecule has 0 saturated carbocycles. The number of aromatic nitrogens is 3. The summed E-state index contributed by atoms with van der Waals surface area (Å²) in [6.07, 6.45) is 3.84. The predicted octanol–water partition coefficient (Wildman–Crippen LogP) is 2.03. The molecule has 0 atom stereocenters. The Kier molecular flexibility index (Phi) is 3.92. The molecule has 5 heteroatoms. The minimum absolute atomic E-state index is 0.436. The third-order valence-electron chi connectivity index (χ3n) is 2.73. The molecular formula is C13H15N5. The molecule has 0 aliphatic heterocycles. The second-order valence-electron chi connectivity index (χ2n) is 4.07. The number of pyridine rings is 1. The minimum atomic E-state index is 0.436. The summed E-state index contributed by atoms with van der Waals surface area (Å²) in [4.78, 5) is 4.15. The van der Waals surface area contributed by atoms with Crippen molar-refractivity contribution in [2.45, 2.75) is 19.8 Å². The predicted molar refractivity (Wildman–Crippen MR) is 69.1 cm³/mol. The third kappa shape index (κ3) is 3.08. The number of hydrogen-bond donors (Lipinski definition) is 2. The van der Waals surface area contributed by atoms with Crippen molar-refractivity contribution in [2.75, 3.05) is 11.9 Å². The molecule has 5 nitrogen and oxygen atoms in total. The highest BCUT2D eigenvalue weighted by atomic mass is 15.1. The molecule has 0 amide bonds. The molecule has 0 bridgehead atoms. The average molecular weight is 241 g/mol. The summed E-state index contributed by atoms with van der Waals surface area (Å²) in [5, 5.41) is 18.9. The van der Waals surface area contributed by atoms with Crippen molar-refractivity contribution in [1.82, 2.24) is 15.2 Å². The molecule has 2 rings (SSSR count). The van der Waals surface area contributed by atoms with Gasteiger partial charge in [0.25, 0.3) is 0 Å². The van der Waals surface area contributed by atoms with Gasteiger partial charge in [0, 0.05) is 12.2 Å². The smallest absolute Gasteiger partial charge is 0.142 e. The SMILES string of the molecule is Cc1[nH]ncc1CCCNc1cccc(C#N)n1. The quantitative estimate of drug-likeness (QED) is 0.785. The van der Waals surface area contributed by atoms with Crippen molar-refractivity contribution in [3.63, 3.8) is 0 Å². The molecule has 0 saturated heterocycles. The van der Waals surface area contributed by atoms with Crippen LogP contribution in [0.2, 0.25) is 0 Å². The molecule has 2 aromatic rings. The molecule has 0 aliphatic carbocycles. The van der Waals surface area contributed by atoms with Gasteiger partial charge in [0.1, 0.15) is 17.6 Å². The van der Waals surface area contributed by atoms with Gasteiger partial charge in [-0.2, -0.15) is 10.4 Å². The Hall–Kier alpha value is -2.35. The molecule has 0 radical (unpaired) electrons. The molecule has 0 aromatic carbocycles. The van der Waals surface area contributed by atoms with Crippen LogP contribution >= 0.6 is 0 Å². The first-order chi connectivity index (χ1) is 8.79. The first kappa shape index (κ1) is 12.1. The van der Waals surface area contributed by atoms with E-state index in [1.54, 1.807) is 6.07 Å². The topological polar surface area (TPSA) is 77.4 Å². The van der Waals surface area contributed by atoms with E-state index in [-0.39, 0.29) is 0 Å². The lowest BCUT2D eigenvalue weighted by Gasteiger charge is -2.05. The standard InChI is InChI=1S/C13H15N5/c1-10-11(9-16-18-10)4-3-7-15-13-6-2-5-12(8-14)17-13/h2,5-6,9H,3-4,7H2,1H3,(H,15,17)(H,16,18). The normalized spacial score (nSPS) is 10.0. The minimum Gasteiger partial charge on any atom is -0.370 e. The lowest BCUT2D eigenvalue weighted by atomic mass is 10.1. The summed E-state index contributed by atoms with van der Waals surface area (Å²) in [7, 11) is 0. The van der Waals surface area contributed by atoms with Gasteiger partial charge in [-0.05, 0) is 37.5 Å². The van der Waals surface area contributed by atoms with Crippen molar-refractivity contribution in [3.8, 4) is 6.07 Å². The number of H-pyrrole nitrogens is 1. The largest absolute Gasteiger partial charge is 0.370 e. The number of aromatic amines is 1. The summed E-state index contributed by atoms with van der Waals surface area (Å²) >= 11 is 0. The number of anilines is 1. The monoisotopic (exact) mass is 241 g/mol. The van der Waals surface area contributed by atoms with Gasteiger partial charge < -0.3 is 5.32 Å². The molecular weight excluding hydrogens is 226 g/mol. The van der Waals surface area contributed by atoms with Crippen LogP contribution in [0.5, 0.6) is 0 Å². The highest BCUT2D eigenvalue weighted by molar-refractivity contribution is 5.38. The van der Waals surface area contributed by atoms with E-state index < -0.39 is 0 Å². The number of rotatable bonds is 5. The summed E-state index contributed by atoms with van der Waals surface area (Å²) in [5.41, 5.74) is 2.81. The highest BCUT2D eigenvalue weighted by Crippen LogP contribution is 2.07. The van der Waals surface area contributed by atoms with Crippen LogP contribution in [0.4, 0.5) is 5.82 Å². The van der Waals surface area contributed by atoms with Gasteiger partial charge in [0.05, 0.1) is 6.20 Å². The van der Waals surface area contributed by atoms with Crippen LogP contribution in [-0.2, 0) is 6.42 Å². The van der Waals surface area contributed by atoms with Crippen molar-refractivity contribution in [2.24, 2.45) is 0 Å². The van der Waals surface area contributed by atoms with Gasteiger partial charge >= 0.3 is 0 Å². The van der Waals surface area contributed by atoms with Crippen LogP contribution in [0.25, 0.3) is 0 Å². The van der Waals surface area contributed by atoms with Gasteiger partial charge in [0.15, 0.2) is 0 Å². The van der Waals surface area contributed by atoms with Crippen LogP contribution in [0, 0.1) is 18.3 Å². The maximum absolute atomic E-state index is 8.74. The summed E-state index contributed by atoms with van der Waals surface area (Å²) in [6, 6.07) is 7.41. The fourth-order valence-corrected chi connectivity index (χ4v) is 1.72. The highest BCUT2D eigenvalue weighted by Gasteiger charge is 2.00. The van der Waals surface area contributed by atoms with Crippen molar-refractivity contribution in [3.05, 3.63) is 41.3 Å². The zero-order valence-corrected chi connectivity index (χ0v) is 10.3.